The van der Waals surface area contributed by atoms with Gasteiger partial charge in [0, 0.05) is 6.04 Å². The van der Waals surface area contributed by atoms with E-state index in [9.17, 15) is 4.79 Å². The molecule has 1 amide bonds. The fourth-order valence-corrected chi connectivity index (χ4v) is 3.82. The van der Waals surface area contributed by atoms with Crippen molar-refractivity contribution in [3.8, 4) is 5.75 Å². The van der Waals surface area contributed by atoms with Gasteiger partial charge in [-0.1, -0.05) is 32.8 Å². The fraction of sp³-hybridized carbons (Fsp3) is 0.632. The van der Waals surface area contributed by atoms with Gasteiger partial charge < -0.3 is 10.1 Å². The Kier molecular flexibility index (Phi) is 4.70. The molecule has 0 radical (unpaired) electrons. The van der Waals surface area contributed by atoms with Gasteiger partial charge >= 0.3 is 0 Å². The first-order chi connectivity index (χ1) is 10.6. The van der Waals surface area contributed by atoms with Crippen molar-refractivity contribution in [2.45, 2.75) is 58.4 Å². The lowest BCUT2D eigenvalue weighted by atomic mass is 9.78. The average molecular weight is 301 g/mol. The Hall–Kier alpha value is -1.51. The van der Waals surface area contributed by atoms with Gasteiger partial charge in [0.05, 0.1) is 0 Å². The predicted molar refractivity (Wildman–Crippen MR) is 88.1 cm³/mol. The number of ether oxygens (including phenoxy) is 1. The maximum Gasteiger partial charge on any atom is 0.258 e. The van der Waals surface area contributed by atoms with E-state index in [2.05, 4.69) is 31.3 Å². The molecule has 0 aliphatic heterocycles. The smallest absolute Gasteiger partial charge is 0.258 e. The molecule has 120 valence electrons. The van der Waals surface area contributed by atoms with E-state index >= 15 is 0 Å². The van der Waals surface area contributed by atoms with Crippen molar-refractivity contribution in [2.24, 2.45) is 11.8 Å². The van der Waals surface area contributed by atoms with Crippen molar-refractivity contribution >= 4 is 5.91 Å². The zero-order valence-electron chi connectivity index (χ0n) is 13.7. The van der Waals surface area contributed by atoms with Crippen LogP contribution in [0.4, 0.5) is 0 Å². The monoisotopic (exact) mass is 301 g/mol. The summed E-state index contributed by atoms with van der Waals surface area (Å²) in [7, 11) is 0. The topological polar surface area (TPSA) is 38.3 Å². The molecule has 1 aromatic carbocycles. The van der Waals surface area contributed by atoms with E-state index in [4.69, 9.17) is 4.74 Å². The van der Waals surface area contributed by atoms with E-state index < -0.39 is 0 Å². The van der Waals surface area contributed by atoms with Crippen LogP contribution in [0.1, 0.15) is 50.7 Å². The van der Waals surface area contributed by atoms with Crippen LogP contribution in [0.25, 0.3) is 0 Å². The summed E-state index contributed by atoms with van der Waals surface area (Å²) in [5, 5.41) is 3.16. The summed E-state index contributed by atoms with van der Waals surface area (Å²) in [5.74, 6) is 2.07. The normalized spacial score (nSPS) is 27.3. The van der Waals surface area contributed by atoms with Crippen LogP contribution in [0.5, 0.6) is 5.75 Å². The molecule has 1 N–H and O–H groups in total. The second-order valence-corrected chi connectivity index (χ2v) is 7.01. The van der Waals surface area contributed by atoms with E-state index in [0.29, 0.717) is 17.9 Å². The Bertz CT molecular complexity index is 540. The molecular formula is C19H27NO2. The van der Waals surface area contributed by atoms with Gasteiger partial charge in [0.25, 0.3) is 5.91 Å². The summed E-state index contributed by atoms with van der Waals surface area (Å²) < 4.78 is 5.68. The minimum absolute atomic E-state index is 0.00597. The summed E-state index contributed by atoms with van der Waals surface area (Å²) in [6.07, 6.45) is 7.12. The maximum atomic E-state index is 12.1. The summed E-state index contributed by atoms with van der Waals surface area (Å²) in [5.41, 5.74) is 2.81. The minimum atomic E-state index is 0.00597. The van der Waals surface area contributed by atoms with Crippen LogP contribution in [0, 0.1) is 11.8 Å². The number of carbonyl (C=O) groups excluding carboxylic acids is 1. The molecule has 1 fully saturated rings. The second-order valence-electron chi connectivity index (χ2n) is 7.01. The SMILES string of the molecule is C[C@H]1[C@H](C)CCC[C@H]1NC(=O)COc1ccc2c(c1)CCC2. The average Bonchev–Trinajstić information content (AvgIpc) is 2.97. The van der Waals surface area contributed by atoms with Crippen molar-refractivity contribution in [1.29, 1.82) is 0 Å². The molecule has 1 aromatic rings. The highest BCUT2D eigenvalue weighted by molar-refractivity contribution is 5.77. The molecule has 0 unspecified atom stereocenters. The van der Waals surface area contributed by atoms with Crippen LogP contribution in [-0.2, 0) is 17.6 Å². The first-order valence-corrected chi connectivity index (χ1v) is 8.67. The van der Waals surface area contributed by atoms with E-state index in [0.717, 1.165) is 18.6 Å². The number of nitrogens with one attached hydrogen (secondary N) is 1. The highest BCUT2D eigenvalue weighted by Gasteiger charge is 2.28. The number of rotatable bonds is 4. The molecule has 0 aromatic heterocycles. The van der Waals surface area contributed by atoms with Crippen LogP contribution >= 0.6 is 0 Å². The summed E-state index contributed by atoms with van der Waals surface area (Å²) >= 11 is 0. The van der Waals surface area contributed by atoms with Gasteiger partial charge in [-0.05, 0) is 60.8 Å². The molecule has 3 rings (SSSR count). The molecule has 3 nitrogen and oxygen atoms in total. The number of hydrogen-bond acceptors (Lipinski definition) is 2. The van der Waals surface area contributed by atoms with Gasteiger partial charge in [0.1, 0.15) is 5.75 Å². The number of fused-ring (bicyclic) bond motifs is 1. The Balaban J connectivity index is 1.50. The highest BCUT2D eigenvalue weighted by Crippen LogP contribution is 2.29. The standard InChI is InChI=1S/C19H27NO2/c1-13-5-3-8-18(14(13)2)20-19(21)12-22-17-10-9-15-6-4-7-16(15)11-17/h9-11,13-14,18H,3-8,12H2,1-2H3,(H,20,21)/t13-,14+,18-/m1/s1. The molecule has 2 aliphatic carbocycles. The van der Waals surface area contributed by atoms with Crippen LogP contribution < -0.4 is 10.1 Å². The lowest BCUT2D eigenvalue weighted by molar-refractivity contribution is -0.124. The Morgan fingerprint density at radius 3 is 2.86 bits per heavy atom. The molecule has 0 spiro atoms. The maximum absolute atomic E-state index is 12.1. The molecule has 0 bridgehead atoms. The van der Waals surface area contributed by atoms with Gasteiger partial charge in [-0.2, -0.15) is 0 Å². The lowest BCUT2D eigenvalue weighted by Gasteiger charge is -2.34. The zero-order chi connectivity index (χ0) is 15.5. The lowest BCUT2D eigenvalue weighted by Crippen LogP contribution is -2.45. The van der Waals surface area contributed by atoms with E-state index in [1.54, 1.807) is 0 Å². The molecule has 1 saturated carbocycles. The Morgan fingerprint density at radius 2 is 2.00 bits per heavy atom. The fourth-order valence-electron chi connectivity index (χ4n) is 3.82. The molecular weight excluding hydrogens is 274 g/mol. The van der Waals surface area contributed by atoms with Crippen LogP contribution in [0.2, 0.25) is 0 Å². The van der Waals surface area contributed by atoms with Crippen molar-refractivity contribution in [2.75, 3.05) is 6.61 Å². The van der Waals surface area contributed by atoms with E-state index in [1.165, 1.54) is 36.8 Å². The summed E-state index contributed by atoms with van der Waals surface area (Å²) in [6, 6.07) is 6.53. The highest BCUT2D eigenvalue weighted by atomic mass is 16.5. The number of hydrogen-bond donors (Lipinski definition) is 1. The number of amides is 1. The quantitative estimate of drug-likeness (QED) is 0.924. The van der Waals surface area contributed by atoms with Crippen LogP contribution in [0.15, 0.2) is 18.2 Å². The third-order valence-corrected chi connectivity index (χ3v) is 5.49. The van der Waals surface area contributed by atoms with Gasteiger partial charge in [-0.3, -0.25) is 4.79 Å². The third kappa shape index (κ3) is 3.45. The van der Waals surface area contributed by atoms with Crippen molar-refractivity contribution in [1.82, 2.24) is 5.32 Å². The second kappa shape index (κ2) is 6.72. The van der Waals surface area contributed by atoms with Gasteiger partial charge in [-0.25, -0.2) is 0 Å². The summed E-state index contributed by atoms with van der Waals surface area (Å²) in [6.45, 7) is 4.65. The summed E-state index contributed by atoms with van der Waals surface area (Å²) in [4.78, 5) is 12.1. The van der Waals surface area contributed by atoms with Gasteiger partial charge in [-0.15, -0.1) is 0 Å². The van der Waals surface area contributed by atoms with Crippen molar-refractivity contribution < 1.29 is 9.53 Å². The van der Waals surface area contributed by atoms with Crippen LogP contribution in [0.3, 0.4) is 0 Å². The molecule has 3 heteroatoms. The molecule has 0 heterocycles. The first-order valence-electron chi connectivity index (χ1n) is 8.67. The Labute approximate surface area is 133 Å². The molecule has 0 saturated heterocycles. The van der Waals surface area contributed by atoms with Crippen molar-refractivity contribution in [3.63, 3.8) is 0 Å². The largest absolute Gasteiger partial charge is 0.484 e. The molecule has 3 atom stereocenters. The number of aryl methyl sites for hydroxylation is 2. The van der Waals surface area contributed by atoms with E-state index in [-0.39, 0.29) is 12.5 Å². The molecule has 2 aliphatic rings. The minimum Gasteiger partial charge on any atom is -0.484 e. The number of carbonyl (C=O) groups is 1. The van der Waals surface area contributed by atoms with Crippen LogP contribution in [-0.4, -0.2) is 18.6 Å². The Morgan fingerprint density at radius 1 is 1.18 bits per heavy atom. The first kappa shape index (κ1) is 15.4. The van der Waals surface area contributed by atoms with Gasteiger partial charge in [0.15, 0.2) is 6.61 Å². The zero-order valence-corrected chi connectivity index (χ0v) is 13.7. The predicted octanol–water partition coefficient (Wildman–Crippen LogP) is 3.50. The van der Waals surface area contributed by atoms with Crippen molar-refractivity contribution in [3.05, 3.63) is 29.3 Å². The van der Waals surface area contributed by atoms with Gasteiger partial charge in [0.2, 0.25) is 0 Å². The third-order valence-electron chi connectivity index (χ3n) is 5.49. The molecule has 22 heavy (non-hydrogen) atoms. The number of benzene rings is 1. The van der Waals surface area contributed by atoms with E-state index in [1.807, 2.05) is 6.07 Å².